The second kappa shape index (κ2) is 6.08. The third-order valence-electron chi connectivity index (χ3n) is 2.88. The molecule has 0 aliphatic rings. The molecule has 5 nitrogen and oxygen atoms in total. The van der Waals surface area contributed by atoms with E-state index in [1.807, 2.05) is 0 Å². The highest BCUT2D eigenvalue weighted by molar-refractivity contribution is 5.89. The van der Waals surface area contributed by atoms with Gasteiger partial charge in [-0.15, -0.1) is 0 Å². The summed E-state index contributed by atoms with van der Waals surface area (Å²) < 4.78 is 0. The number of nitrogens with one attached hydrogen (secondary N) is 1. The highest BCUT2D eigenvalue weighted by Gasteiger charge is 2.09. The van der Waals surface area contributed by atoms with Gasteiger partial charge >= 0.3 is 5.97 Å². The Balaban J connectivity index is 2.69. The Morgan fingerprint density at radius 3 is 2.65 bits per heavy atom. The monoisotopic (exact) mass is 237 g/mol. The molecule has 0 aliphatic carbocycles. The molecule has 1 heterocycles. The Morgan fingerprint density at radius 1 is 1.53 bits per heavy atom. The number of anilines is 2. The lowest BCUT2D eigenvalue weighted by atomic mass is 10.0. The van der Waals surface area contributed by atoms with E-state index in [0.29, 0.717) is 17.4 Å². The average Bonchev–Trinajstić information content (AvgIpc) is 2.31. The van der Waals surface area contributed by atoms with Crippen molar-refractivity contribution in [3.63, 3.8) is 0 Å². The van der Waals surface area contributed by atoms with Crippen molar-refractivity contribution in [3.8, 4) is 0 Å². The number of aromatic nitrogens is 1. The van der Waals surface area contributed by atoms with Gasteiger partial charge in [-0.3, -0.25) is 0 Å². The summed E-state index contributed by atoms with van der Waals surface area (Å²) >= 11 is 0. The SMILES string of the molecule is CCC(CC)CNc1ncc(C(=O)O)cc1N. The second-order valence-electron chi connectivity index (χ2n) is 4.03. The molecule has 0 spiro atoms. The van der Waals surface area contributed by atoms with Crippen molar-refractivity contribution in [1.82, 2.24) is 4.98 Å². The zero-order valence-corrected chi connectivity index (χ0v) is 10.2. The van der Waals surface area contributed by atoms with Crippen LogP contribution in [-0.4, -0.2) is 22.6 Å². The van der Waals surface area contributed by atoms with E-state index in [-0.39, 0.29) is 5.56 Å². The molecule has 1 rings (SSSR count). The van der Waals surface area contributed by atoms with Crippen LogP contribution in [0.2, 0.25) is 0 Å². The van der Waals surface area contributed by atoms with Crippen LogP contribution in [0.25, 0.3) is 0 Å². The highest BCUT2D eigenvalue weighted by Crippen LogP contribution is 2.18. The number of carboxylic acid groups (broad SMARTS) is 1. The molecule has 0 atom stereocenters. The zero-order valence-electron chi connectivity index (χ0n) is 10.2. The van der Waals surface area contributed by atoms with Gasteiger partial charge in [0, 0.05) is 12.7 Å². The third-order valence-corrected chi connectivity index (χ3v) is 2.88. The molecule has 0 radical (unpaired) electrons. The summed E-state index contributed by atoms with van der Waals surface area (Å²) in [4.78, 5) is 14.7. The number of carboxylic acids is 1. The van der Waals surface area contributed by atoms with Crippen LogP contribution in [0.3, 0.4) is 0 Å². The van der Waals surface area contributed by atoms with Crippen LogP contribution in [-0.2, 0) is 0 Å². The first-order chi connectivity index (χ1) is 8.08. The Bertz CT molecular complexity index is 389. The smallest absolute Gasteiger partial charge is 0.337 e. The molecule has 0 saturated carbocycles. The average molecular weight is 237 g/mol. The summed E-state index contributed by atoms with van der Waals surface area (Å²) in [5, 5.41) is 11.9. The van der Waals surface area contributed by atoms with E-state index in [1.54, 1.807) is 0 Å². The fourth-order valence-electron chi connectivity index (χ4n) is 1.56. The Kier molecular flexibility index (Phi) is 4.75. The molecule has 0 fully saturated rings. The molecular formula is C12H19N3O2. The number of hydrogen-bond donors (Lipinski definition) is 3. The minimum absolute atomic E-state index is 0.107. The number of nitrogen functional groups attached to an aromatic ring is 1. The lowest BCUT2D eigenvalue weighted by Crippen LogP contribution is -2.15. The van der Waals surface area contributed by atoms with Crippen molar-refractivity contribution in [2.24, 2.45) is 5.92 Å². The molecule has 4 N–H and O–H groups in total. The zero-order chi connectivity index (χ0) is 12.8. The van der Waals surface area contributed by atoms with Gasteiger partial charge in [0.1, 0.15) is 5.82 Å². The Hall–Kier alpha value is -1.78. The molecule has 1 aromatic heterocycles. The molecule has 0 aliphatic heterocycles. The van der Waals surface area contributed by atoms with Crippen LogP contribution >= 0.6 is 0 Å². The Labute approximate surface area is 101 Å². The Morgan fingerprint density at radius 2 is 2.18 bits per heavy atom. The van der Waals surface area contributed by atoms with E-state index in [1.165, 1.54) is 12.3 Å². The highest BCUT2D eigenvalue weighted by atomic mass is 16.4. The summed E-state index contributed by atoms with van der Waals surface area (Å²) in [7, 11) is 0. The van der Waals surface area contributed by atoms with Crippen LogP contribution in [0.15, 0.2) is 12.3 Å². The van der Waals surface area contributed by atoms with Crippen molar-refractivity contribution in [2.75, 3.05) is 17.6 Å². The molecule has 0 unspecified atom stereocenters. The molecular weight excluding hydrogens is 218 g/mol. The summed E-state index contributed by atoms with van der Waals surface area (Å²) in [6, 6.07) is 1.42. The lowest BCUT2D eigenvalue weighted by Gasteiger charge is -2.14. The van der Waals surface area contributed by atoms with E-state index in [0.717, 1.165) is 19.4 Å². The number of pyridine rings is 1. The van der Waals surface area contributed by atoms with Crippen molar-refractivity contribution in [1.29, 1.82) is 0 Å². The second-order valence-corrected chi connectivity index (χ2v) is 4.03. The number of rotatable bonds is 6. The van der Waals surface area contributed by atoms with Gasteiger partial charge in [0.15, 0.2) is 0 Å². The van der Waals surface area contributed by atoms with Gasteiger partial charge in [-0.1, -0.05) is 26.7 Å². The minimum Gasteiger partial charge on any atom is -0.478 e. The fourth-order valence-corrected chi connectivity index (χ4v) is 1.56. The van der Waals surface area contributed by atoms with Crippen molar-refractivity contribution in [2.45, 2.75) is 26.7 Å². The van der Waals surface area contributed by atoms with E-state index < -0.39 is 5.97 Å². The molecule has 94 valence electrons. The van der Waals surface area contributed by atoms with Gasteiger partial charge in [-0.05, 0) is 12.0 Å². The molecule has 0 amide bonds. The van der Waals surface area contributed by atoms with Gasteiger partial charge < -0.3 is 16.2 Å². The molecule has 0 saturated heterocycles. The van der Waals surface area contributed by atoms with Crippen LogP contribution in [0.1, 0.15) is 37.0 Å². The predicted molar refractivity (Wildman–Crippen MR) is 68.2 cm³/mol. The molecule has 1 aromatic rings. The summed E-state index contributed by atoms with van der Waals surface area (Å²) in [6.45, 7) is 5.08. The maximum Gasteiger partial charge on any atom is 0.337 e. The number of aromatic carboxylic acids is 1. The number of hydrogen-bond acceptors (Lipinski definition) is 4. The van der Waals surface area contributed by atoms with E-state index >= 15 is 0 Å². The molecule has 5 heteroatoms. The number of nitrogens with two attached hydrogens (primary N) is 1. The van der Waals surface area contributed by atoms with Gasteiger partial charge in [-0.2, -0.15) is 0 Å². The first-order valence-corrected chi connectivity index (χ1v) is 5.81. The van der Waals surface area contributed by atoms with E-state index in [2.05, 4.69) is 24.1 Å². The number of carbonyl (C=O) groups is 1. The van der Waals surface area contributed by atoms with Crippen molar-refractivity contribution < 1.29 is 9.90 Å². The first-order valence-electron chi connectivity index (χ1n) is 5.81. The van der Waals surface area contributed by atoms with Crippen LogP contribution in [0, 0.1) is 5.92 Å². The third kappa shape index (κ3) is 3.62. The van der Waals surface area contributed by atoms with E-state index in [4.69, 9.17) is 10.8 Å². The van der Waals surface area contributed by atoms with E-state index in [9.17, 15) is 4.79 Å². The largest absolute Gasteiger partial charge is 0.478 e. The summed E-state index contributed by atoms with van der Waals surface area (Å²) in [5.41, 5.74) is 6.22. The van der Waals surface area contributed by atoms with Crippen LogP contribution in [0.4, 0.5) is 11.5 Å². The predicted octanol–water partition coefficient (Wildman–Crippen LogP) is 2.21. The lowest BCUT2D eigenvalue weighted by molar-refractivity contribution is 0.0696. The maximum atomic E-state index is 10.7. The maximum absolute atomic E-state index is 10.7. The fraction of sp³-hybridized carbons (Fsp3) is 0.500. The molecule has 17 heavy (non-hydrogen) atoms. The summed E-state index contributed by atoms with van der Waals surface area (Å²) in [5.74, 6) is 0.119. The van der Waals surface area contributed by atoms with Crippen molar-refractivity contribution >= 4 is 17.5 Å². The minimum atomic E-state index is -1.02. The first kappa shape index (κ1) is 13.3. The standard InChI is InChI=1S/C12H19N3O2/c1-3-8(4-2)6-14-11-10(13)5-9(7-15-11)12(16)17/h5,7-8H,3-4,6,13H2,1-2H3,(H,14,15)(H,16,17). The van der Waals surface area contributed by atoms with Crippen LogP contribution in [0.5, 0.6) is 0 Å². The van der Waals surface area contributed by atoms with Gasteiger partial charge in [0.2, 0.25) is 0 Å². The van der Waals surface area contributed by atoms with Gasteiger partial charge in [-0.25, -0.2) is 9.78 Å². The van der Waals surface area contributed by atoms with Gasteiger partial charge in [0.05, 0.1) is 11.3 Å². The van der Waals surface area contributed by atoms with Gasteiger partial charge in [0.25, 0.3) is 0 Å². The number of nitrogens with zero attached hydrogens (tertiary/aromatic N) is 1. The molecule has 0 aromatic carbocycles. The van der Waals surface area contributed by atoms with Crippen molar-refractivity contribution in [3.05, 3.63) is 17.8 Å². The quantitative estimate of drug-likeness (QED) is 0.706. The topological polar surface area (TPSA) is 88.2 Å². The van der Waals surface area contributed by atoms with Crippen LogP contribution < -0.4 is 11.1 Å². The summed E-state index contributed by atoms with van der Waals surface area (Å²) in [6.07, 6.45) is 3.50. The normalized spacial score (nSPS) is 10.5. The molecule has 0 bridgehead atoms.